The molecule has 3 aromatic heterocycles. The highest BCUT2D eigenvalue weighted by atomic mass is 19.1. The lowest BCUT2D eigenvalue weighted by Gasteiger charge is -2.42. The number of pyridine rings is 1. The van der Waals surface area contributed by atoms with E-state index in [-0.39, 0.29) is 5.41 Å². The molecule has 0 aliphatic carbocycles. The van der Waals surface area contributed by atoms with E-state index < -0.39 is 6.17 Å². The van der Waals surface area contributed by atoms with Crippen molar-refractivity contribution in [3.05, 3.63) is 180 Å². The first-order valence-electron chi connectivity index (χ1n) is 18.0. The number of hydrogen-bond donors (Lipinski definition) is 0. The summed E-state index contributed by atoms with van der Waals surface area (Å²) in [7, 11) is 2.00. The van der Waals surface area contributed by atoms with Crippen LogP contribution in [0.2, 0.25) is 0 Å². The Bertz CT molecular complexity index is 2870. The number of halogens is 1. The van der Waals surface area contributed by atoms with Gasteiger partial charge in [0.2, 0.25) is 0 Å². The summed E-state index contributed by atoms with van der Waals surface area (Å²) in [5, 5.41) is 2.22. The Balaban J connectivity index is 1.13. The maximum Gasteiger partial charge on any atom is 0.150 e. The number of fused-ring (bicyclic) bond motifs is 7. The molecule has 0 bridgehead atoms. The van der Waals surface area contributed by atoms with E-state index in [0.717, 1.165) is 67.1 Å². The van der Waals surface area contributed by atoms with Crippen LogP contribution in [-0.4, -0.2) is 19.1 Å². The minimum absolute atomic E-state index is 0.330. The summed E-state index contributed by atoms with van der Waals surface area (Å²) in [5.41, 5.74) is 12.2. The first kappa shape index (κ1) is 31.2. The molecule has 0 spiro atoms. The van der Waals surface area contributed by atoms with Gasteiger partial charge in [0, 0.05) is 40.2 Å². The summed E-state index contributed by atoms with van der Waals surface area (Å²) < 4.78 is 21.0. The molecule has 9 aromatic rings. The standard InChI is InChI=1S/C47H36FN5/c1-47(2)36-22-8-11-25-39(36)52(33-18-5-4-6-19-33)41-29-49-46-42(43(41)47)35-21-7-10-24-38(35)53(46)34-20-14-16-31(28-34)44(48)30-15-13-17-32(27-30)45-50-37-23-9-12-26-40(37)51(45)3/h4-29,44H,1-3H3. The third-order valence-corrected chi connectivity index (χ3v) is 11.0. The van der Waals surface area contributed by atoms with Crippen molar-refractivity contribution in [2.45, 2.75) is 25.4 Å². The van der Waals surface area contributed by atoms with Crippen molar-refractivity contribution in [1.29, 1.82) is 0 Å². The number of imidazole rings is 1. The molecule has 5 nitrogen and oxygen atoms in total. The highest BCUT2D eigenvalue weighted by Crippen LogP contribution is 2.54. The zero-order chi connectivity index (χ0) is 35.8. The second kappa shape index (κ2) is 11.8. The molecule has 0 saturated heterocycles. The molecule has 4 heterocycles. The largest absolute Gasteiger partial charge is 0.327 e. The quantitative estimate of drug-likeness (QED) is 0.181. The Morgan fingerprint density at radius 1 is 0.642 bits per heavy atom. The Hall–Kier alpha value is -6.53. The van der Waals surface area contributed by atoms with Gasteiger partial charge in [0.05, 0.1) is 34.1 Å². The molecule has 0 amide bonds. The van der Waals surface area contributed by atoms with Crippen LogP contribution >= 0.6 is 0 Å². The number of benzene rings is 6. The van der Waals surface area contributed by atoms with Crippen LogP contribution in [0.25, 0.3) is 50.0 Å². The molecule has 6 heteroatoms. The Morgan fingerprint density at radius 3 is 2.15 bits per heavy atom. The summed E-state index contributed by atoms with van der Waals surface area (Å²) in [4.78, 5) is 12.4. The van der Waals surface area contributed by atoms with Crippen molar-refractivity contribution in [1.82, 2.24) is 19.1 Å². The molecular weight excluding hydrogens is 654 g/mol. The van der Waals surface area contributed by atoms with Gasteiger partial charge in [-0.1, -0.05) is 111 Å². The van der Waals surface area contributed by atoms with E-state index in [1.807, 2.05) is 80.0 Å². The first-order valence-corrected chi connectivity index (χ1v) is 18.0. The van der Waals surface area contributed by atoms with Crippen LogP contribution in [0.5, 0.6) is 0 Å². The summed E-state index contributed by atoms with van der Waals surface area (Å²) in [6.07, 6.45) is 0.680. The molecule has 1 unspecified atom stereocenters. The maximum absolute atomic E-state index is 16.7. The maximum atomic E-state index is 16.7. The average Bonchev–Trinajstić information content (AvgIpc) is 3.72. The second-order valence-electron chi connectivity index (χ2n) is 14.4. The summed E-state index contributed by atoms with van der Waals surface area (Å²) in [6, 6.07) is 51.3. The van der Waals surface area contributed by atoms with Crippen molar-refractivity contribution in [3.8, 4) is 17.1 Å². The third kappa shape index (κ3) is 4.68. The zero-order valence-electron chi connectivity index (χ0n) is 29.7. The van der Waals surface area contributed by atoms with Crippen LogP contribution < -0.4 is 4.90 Å². The predicted molar refractivity (Wildman–Crippen MR) is 214 cm³/mol. The van der Waals surface area contributed by atoms with Crippen molar-refractivity contribution < 1.29 is 4.39 Å². The van der Waals surface area contributed by atoms with Crippen LogP contribution in [0.4, 0.5) is 21.5 Å². The van der Waals surface area contributed by atoms with Gasteiger partial charge in [-0.2, -0.15) is 0 Å². The SMILES string of the molecule is Cn1c(-c2cccc(C(F)c3cccc(-n4c5ccccc5c5c6c(cnc54)N(c4ccccc4)c4ccccc4C6(C)C)c3)c2)nc2ccccc21. The van der Waals surface area contributed by atoms with E-state index >= 15 is 4.39 Å². The molecule has 0 radical (unpaired) electrons. The number of aromatic nitrogens is 4. The smallest absolute Gasteiger partial charge is 0.150 e. The van der Waals surface area contributed by atoms with E-state index in [9.17, 15) is 0 Å². The van der Waals surface area contributed by atoms with Crippen molar-refractivity contribution in [2.75, 3.05) is 4.90 Å². The molecule has 53 heavy (non-hydrogen) atoms. The van der Waals surface area contributed by atoms with E-state index in [1.165, 1.54) is 11.1 Å². The molecular formula is C47H36FN5. The molecule has 1 atom stereocenters. The van der Waals surface area contributed by atoms with Gasteiger partial charge in [0.1, 0.15) is 11.5 Å². The normalized spacial score (nSPS) is 14.1. The van der Waals surface area contributed by atoms with Gasteiger partial charge < -0.3 is 9.47 Å². The van der Waals surface area contributed by atoms with Crippen molar-refractivity contribution in [2.24, 2.45) is 7.05 Å². The van der Waals surface area contributed by atoms with Crippen molar-refractivity contribution in [3.63, 3.8) is 0 Å². The Kier molecular flexibility index (Phi) is 6.92. The van der Waals surface area contributed by atoms with Crippen LogP contribution in [0.1, 0.15) is 42.3 Å². The van der Waals surface area contributed by atoms with Gasteiger partial charge in [-0.15, -0.1) is 0 Å². The average molecular weight is 690 g/mol. The fourth-order valence-electron chi connectivity index (χ4n) is 8.54. The third-order valence-electron chi connectivity index (χ3n) is 11.0. The van der Waals surface area contributed by atoms with E-state index in [1.54, 1.807) is 0 Å². The highest BCUT2D eigenvalue weighted by Gasteiger charge is 2.39. The van der Waals surface area contributed by atoms with Gasteiger partial charge in [0.25, 0.3) is 0 Å². The molecule has 256 valence electrons. The molecule has 1 aliphatic rings. The van der Waals surface area contributed by atoms with Crippen molar-refractivity contribution >= 4 is 50.0 Å². The fourth-order valence-corrected chi connectivity index (χ4v) is 8.54. The Morgan fingerprint density at radius 2 is 1.32 bits per heavy atom. The minimum atomic E-state index is -1.34. The fraction of sp³-hybridized carbons (Fsp3) is 0.106. The summed E-state index contributed by atoms with van der Waals surface area (Å²) in [5.74, 6) is 0.810. The first-order chi connectivity index (χ1) is 25.9. The van der Waals surface area contributed by atoms with E-state index in [2.05, 4.69) is 113 Å². The lowest BCUT2D eigenvalue weighted by atomic mass is 9.72. The second-order valence-corrected chi connectivity index (χ2v) is 14.4. The number of hydrogen-bond acceptors (Lipinski definition) is 3. The van der Waals surface area contributed by atoms with Gasteiger partial charge in [-0.05, 0) is 76.9 Å². The molecule has 6 aromatic carbocycles. The van der Waals surface area contributed by atoms with Gasteiger partial charge in [-0.25, -0.2) is 14.4 Å². The summed E-state index contributed by atoms with van der Waals surface area (Å²) in [6.45, 7) is 4.63. The van der Waals surface area contributed by atoms with Crippen LogP contribution in [-0.2, 0) is 12.5 Å². The minimum Gasteiger partial charge on any atom is -0.327 e. The van der Waals surface area contributed by atoms with Crippen LogP contribution in [0.15, 0.2) is 158 Å². The monoisotopic (exact) mass is 689 g/mol. The van der Waals surface area contributed by atoms with Crippen LogP contribution in [0, 0.1) is 0 Å². The molecule has 0 N–H and O–H groups in total. The highest BCUT2D eigenvalue weighted by molar-refractivity contribution is 6.12. The molecule has 0 saturated carbocycles. The number of nitrogens with zero attached hydrogens (tertiary/aromatic N) is 5. The number of para-hydroxylation sites is 5. The van der Waals surface area contributed by atoms with E-state index in [4.69, 9.17) is 9.97 Å². The Labute approximate surface area is 307 Å². The molecule has 10 rings (SSSR count). The lowest BCUT2D eigenvalue weighted by molar-refractivity contribution is 0.402. The number of aryl methyl sites for hydroxylation is 1. The molecule has 0 fully saturated rings. The summed E-state index contributed by atoms with van der Waals surface area (Å²) >= 11 is 0. The number of rotatable bonds is 5. The molecule has 1 aliphatic heterocycles. The van der Waals surface area contributed by atoms with Crippen LogP contribution in [0.3, 0.4) is 0 Å². The van der Waals surface area contributed by atoms with Gasteiger partial charge >= 0.3 is 0 Å². The van der Waals surface area contributed by atoms with E-state index in [0.29, 0.717) is 11.1 Å². The topological polar surface area (TPSA) is 38.9 Å². The van der Waals surface area contributed by atoms with Gasteiger partial charge in [-0.3, -0.25) is 4.57 Å². The lowest BCUT2D eigenvalue weighted by Crippen LogP contribution is -2.31. The predicted octanol–water partition coefficient (Wildman–Crippen LogP) is 11.9. The van der Waals surface area contributed by atoms with Gasteiger partial charge in [0.15, 0.2) is 6.17 Å². The number of alkyl halides is 1. The number of anilines is 3. The zero-order valence-corrected chi connectivity index (χ0v) is 29.7.